The summed E-state index contributed by atoms with van der Waals surface area (Å²) in [6.07, 6.45) is 2.34. The monoisotopic (exact) mass is 449 g/mol. The molecule has 172 valence electrons. The van der Waals surface area contributed by atoms with Crippen LogP contribution in [0.15, 0.2) is 36.4 Å². The maximum absolute atomic E-state index is 14.7. The molecule has 0 saturated heterocycles. The first kappa shape index (κ1) is 23.8. The molecule has 0 aromatic heterocycles. The van der Waals surface area contributed by atoms with Crippen LogP contribution in [-0.4, -0.2) is 36.3 Å². The van der Waals surface area contributed by atoms with Crippen molar-refractivity contribution in [1.29, 1.82) is 0 Å². The van der Waals surface area contributed by atoms with Crippen LogP contribution < -0.4 is 10.1 Å². The summed E-state index contributed by atoms with van der Waals surface area (Å²) in [6, 6.07) is 7.44. The van der Waals surface area contributed by atoms with E-state index < -0.39 is 24.1 Å². The summed E-state index contributed by atoms with van der Waals surface area (Å²) in [4.78, 5) is 11.5. The quantitative estimate of drug-likeness (QED) is 0.549. The second kappa shape index (κ2) is 9.75. The van der Waals surface area contributed by atoms with Gasteiger partial charge in [0.05, 0.1) is 18.3 Å². The summed E-state index contributed by atoms with van der Waals surface area (Å²) in [7, 11) is 0. The number of alkyl halides is 2. The number of ether oxygens (including phenoxy) is 2. The van der Waals surface area contributed by atoms with Crippen LogP contribution in [-0.2, 0) is 11.3 Å². The molecule has 0 amide bonds. The molecule has 1 aliphatic rings. The molecule has 32 heavy (non-hydrogen) atoms. The van der Waals surface area contributed by atoms with E-state index in [1.807, 2.05) is 13.0 Å². The van der Waals surface area contributed by atoms with E-state index in [4.69, 9.17) is 4.74 Å². The summed E-state index contributed by atoms with van der Waals surface area (Å²) in [5.41, 5.74) is 1.61. The lowest BCUT2D eigenvalue weighted by Gasteiger charge is -2.32. The SMILES string of the molecule is Cc1ccc(OC(F)F)c(CNc2cc(C3=CCC(C(C)(C)O)OC3)c(F)cc2C=O)c1. The van der Waals surface area contributed by atoms with E-state index in [1.165, 1.54) is 12.1 Å². The van der Waals surface area contributed by atoms with E-state index in [0.29, 0.717) is 29.5 Å². The number of aliphatic hydroxyl groups is 1. The van der Waals surface area contributed by atoms with Crippen LogP contribution >= 0.6 is 0 Å². The van der Waals surface area contributed by atoms with E-state index in [9.17, 15) is 23.1 Å². The summed E-state index contributed by atoms with van der Waals surface area (Å²) >= 11 is 0. The highest BCUT2D eigenvalue weighted by Crippen LogP contribution is 2.32. The molecular formula is C24H26F3NO4. The molecule has 2 aromatic carbocycles. The maximum atomic E-state index is 14.7. The van der Waals surface area contributed by atoms with Gasteiger partial charge in [-0.05, 0) is 51.0 Å². The molecule has 1 atom stereocenters. The molecule has 0 aliphatic carbocycles. The molecule has 1 unspecified atom stereocenters. The van der Waals surface area contributed by atoms with Gasteiger partial charge in [0.2, 0.25) is 0 Å². The van der Waals surface area contributed by atoms with Gasteiger partial charge < -0.3 is 19.9 Å². The van der Waals surface area contributed by atoms with Gasteiger partial charge >= 0.3 is 6.61 Å². The van der Waals surface area contributed by atoms with Crippen molar-refractivity contribution in [1.82, 2.24) is 0 Å². The normalized spacial score (nSPS) is 16.6. The fourth-order valence-corrected chi connectivity index (χ4v) is 3.58. The summed E-state index contributed by atoms with van der Waals surface area (Å²) in [5.74, 6) is -0.555. The van der Waals surface area contributed by atoms with Gasteiger partial charge in [-0.1, -0.05) is 23.8 Å². The molecule has 2 aromatic rings. The lowest BCUT2D eigenvalue weighted by Crippen LogP contribution is -2.39. The van der Waals surface area contributed by atoms with Crippen LogP contribution in [0.4, 0.5) is 18.9 Å². The molecule has 2 N–H and O–H groups in total. The van der Waals surface area contributed by atoms with Crippen molar-refractivity contribution in [3.63, 3.8) is 0 Å². The molecule has 1 aliphatic heterocycles. The fraction of sp³-hybridized carbons (Fsp3) is 0.375. The highest BCUT2D eigenvalue weighted by atomic mass is 19.3. The van der Waals surface area contributed by atoms with Gasteiger partial charge in [0.25, 0.3) is 0 Å². The highest BCUT2D eigenvalue weighted by Gasteiger charge is 2.30. The van der Waals surface area contributed by atoms with Crippen molar-refractivity contribution in [3.8, 4) is 5.75 Å². The molecule has 1 heterocycles. The van der Waals surface area contributed by atoms with Crippen LogP contribution in [0.2, 0.25) is 0 Å². The number of hydrogen-bond donors (Lipinski definition) is 2. The third-order valence-corrected chi connectivity index (χ3v) is 5.32. The minimum absolute atomic E-state index is 0.0223. The van der Waals surface area contributed by atoms with Crippen molar-refractivity contribution >= 4 is 17.5 Å². The molecule has 0 saturated carbocycles. The minimum Gasteiger partial charge on any atom is -0.434 e. The zero-order valence-electron chi connectivity index (χ0n) is 18.1. The summed E-state index contributed by atoms with van der Waals surface area (Å²) in [5, 5.41) is 13.1. The van der Waals surface area contributed by atoms with E-state index in [0.717, 1.165) is 11.6 Å². The number of aldehydes is 1. The Morgan fingerprint density at radius 3 is 2.66 bits per heavy atom. The molecular weight excluding hydrogens is 423 g/mol. The number of hydrogen-bond acceptors (Lipinski definition) is 5. The standard InChI is InChI=1S/C24H26F3NO4/c1-14-4-6-21(32-23(26)27)16(8-14)11-28-20-10-18(19(25)9-17(20)12-29)15-5-7-22(31-13-15)24(2,3)30/h4-6,8-10,12,22-23,28,30H,7,11,13H2,1-3H3. The first-order valence-electron chi connectivity index (χ1n) is 10.2. The molecule has 3 rings (SSSR count). The van der Waals surface area contributed by atoms with Crippen LogP contribution in [0, 0.1) is 12.7 Å². The largest absolute Gasteiger partial charge is 0.434 e. The molecule has 5 nitrogen and oxygen atoms in total. The van der Waals surface area contributed by atoms with Crippen molar-refractivity contribution in [2.45, 2.75) is 52.1 Å². The van der Waals surface area contributed by atoms with Gasteiger partial charge in [-0.2, -0.15) is 8.78 Å². The Bertz CT molecular complexity index is 1020. The van der Waals surface area contributed by atoms with Gasteiger partial charge in [-0.3, -0.25) is 4.79 Å². The zero-order valence-corrected chi connectivity index (χ0v) is 18.1. The number of halogens is 3. The lowest BCUT2D eigenvalue weighted by molar-refractivity contribution is -0.0805. The molecule has 8 heteroatoms. The Morgan fingerprint density at radius 2 is 2.06 bits per heavy atom. The fourth-order valence-electron chi connectivity index (χ4n) is 3.58. The zero-order chi connectivity index (χ0) is 23.5. The van der Waals surface area contributed by atoms with Crippen molar-refractivity contribution in [3.05, 3.63) is 64.5 Å². The molecule has 0 bridgehead atoms. The van der Waals surface area contributed by atoms with Crippen LogP contribution in [0.1, 0.15) is 47.3 Å². The van der Waals surface area contributed by atoms with Gasteiger partial charge in [-0.15, -0.1) is 0 Å². The van der Waals surface area contributed by atoms with Gasteiger partial charge in [0.15, 0.2) is 6.29 Å². The Morgan fingerprint density at radius 1 is 1.31 bits per heavy atom. The lowest BCUT2D eigenvalue weighted by atomic mass is 9.93. The summed E-state index contributed by atoms with van der Waals surface area (Å²) in [6.45, 7) is 2.34. The number of benzene rings is 2. The average Bonchev–Trinajstić information content (AvgIpc) is 2.73. The van der Waals surface area contributed by atoms with E-state index in [2.05, 4.69) is 10.1 Å². The number of carbonyl (C=O) groups is 1. The molecule has 0 radical (unpaired) electrons. The number of carbonyl (C=O) groups excluding carboxylic acids is 1. The summed E-state index contributed by atoms with van der Waals surface area (Å²) < 4.78 is 50.4. The Kier molecular flexibility index (Phi) is 7.26. The van der Waals surface area contributed by atoms with E-state index in [-0.39, 0.29) is 30.0 Å². The van der Waals surface area contributed by atoms with Gasteiger partial charge in [-0.25, -0.2) is 4.39 Å². The smallest absolute Gasteiger partial charge is 0.387 e. The Labute approximate surface area is 184 Å². The van der Waals surface area contributed by atoms with Crippen molar-refractivity contribution < 1.29 is 32.5 Å². The highest BCUT2D eigenvalue weighted by molar-refractivity contribution is 5.86. The van der Waals surface area contributed by atoms with Gasteiger partial charge in [0.1, 0.15) is 11.6 Å². The minimum atomic E-state index is -2.97. The number of anilines is 1. The average molecular weight is 449 g/mol. The Balaban J connectivity index is 1.86. The first-order chi connectivity index (χ1) is 15.1. The second-order valence-corrected chi connectivity index (χ2v) is 8.30. The molecule has 0 spiro atoms. The van der Waals surface area contributed by atoms with Crippen LogP contribution in [0.25, 0.3) is 5.57 Å². The molecule has 0 fully saturated rings. The van der Waals surface area contributed by atoms with Crippen LogP contribution in [0.3, 0.4) is 0 Å². The van der Waals surface area contributed by atoms with Crippen molar-refractivity contribution in [2.24, 2.45) is 0 Å². The number of aryl methyl sites for hydroxylation is 1. The number of nitrogens with one attached hydrogen (secondary N) is 1. The van der Waals surface area contributed by atoms with Crippen LogP contribution in [0.5, 0.6) is 5.75 Å². The predicted molar refractivity (Wildman–Crippen MR) is 116 cm³/mol. The maximum Gasteiger partial charge on any atom is 0.387 e. The predicted octanol–water partition coefficient (Wildman–Crippen LogP) is 5.10. The van der Waals surface area contributed by atoms with E-state index in [1.54, 1.807) is 26.0 Å². The third-order valence-electron chi connectivity index (χ3n) is 5.32. The van der Waals surface area contributed by atoms with E-state index >= 15 is 0 Å². The van der Waals surface area contributed by atoms with Crippen molar-refractivity contribution in [2.75, 3.05) is 11.9 Å². The topological polar surface area (TPSA) is 67.8 Å². The third kappa shape index (κ3) is 5.69. The Hall–Kier alpha value is -2.84. The van der Waals surface area contributed by atoms with Gasteiger partial charge in [0, 0.05) is 28.9 Å². The number of rotatable bonds is 8. The first-order valence-corrected chi connectivity index (χ1v) is 10.2. The second-order valence-electron chi connectivity index (χ2n) is 8.30.